The Labute approximate surface area is 201 Å². The van der Waals surface area contributed by atoms with Crippen molar-refractivity contribution in [3.8, 4) is 0 Å². The lowest BCUT2D eigenvalue weighted by molar-refractivity contribution is -0.140. The van der Waals surface area contributed by atoms with Gasteiger partial charge < -0.3 is 10.2 Å². The number of aryl methyl sites for hydroxylation is 1. The molecule has 0 saturated carbocycles. The standard InChI is InChI=1S/C24H32ClN3O4S/c1-17-10-12-21(13-11-17)28(33(6,31)32)16-22(29)27(15-19-8-7-9-20(25)14-19)18(2)23(30)26-24(3,4)5/h7-14,18H,15-16H2,1-6H3,(H,26,30)/t18-/m0/s1. The molecule has 0 bridgehead atoms. The Morgan fingerprint density at radius 1 is 1.09 bits per heavy atom. The Kier molecular flexibility index (Phi) is 8.54. The fraction of sp³-hybridized carbons (Fsp3) is 0.417. The molecule has 2 amide bonds. The second kappa shape index (κ2) is 10.6. The Bertz CT molecular complexity index is 1100. The van der Waals surface area contributed by atoms with Crippen LogP contribution in [0.4, 0.5) is 5.69 Å². The minimum absolute atomic E-state index is 0.101. The van der Waals surface area contributed by atoms with E-state index in [1.54, 1.807) is 55.5 Å². The summed E-state index contributed by atoms with van der Waals surface area (Å²) in [6.45, 7) is 8.73. The molecule has 33 heavy (non-hydrogen) atoms. The first kappa shape index (κ1) is 26.7. The third-order valence-electron chi connectivity index (χ3n) is 4.91. The fourth-order valence-electron chi connectivity index (χ4n) is 3.21. The topological polar surface area (TPSA) is 86.8 Å². The van der Waals surface area contributed by atoms with Gasteiger partial charge >= 0.3 is 0 Å². The number of halogens is 1. The number of carbonyl (C=O) groups is 2. The van der Waals surface area contributed by atoms with Gasteiger partial charge in [0, 0.05) is 17.1 Å². The van der Waals surface area contributed by atoms with Crippen LogP contribution in [0.3, 0.4) is 0 Å². The van der Waals surface area contributed by atoms with Crippen molar-refractivity contribution >= 4 is 39.1 Å². The summed E-state index contributed by atoms with van der Waals surface area (Å²) in [5, 5.41) is 3.39. The lowest BCUT2D eigenvalue weighted by atomic mass is 10.1. The van der Waals surface area contributed by atoms with Gasteiger partial charge in [0.2, 0.25) is 21.8 Å². The van der Waals surface area contributed by atoms with Crippen LogP contribution in [-0.2, 0) is 26.2 Å². The van der Waals surface area contributed by atoms with Crippen LogP contribution in [0.1, 0.15) is 38.8 Å². The van der Waals surface area contributed by atoms with Crippen molar-refractivity contribution in [2.75, 3.05) is 17.1 Å². The van der Waals surface area contributed by atoms with Crippen molar-refractivity contribution in [3.63, 3.8) is 0 Å². The highest BCUT2D eigenvalue weighted by Gasteiger charge is 2.31. The van der Waals surface area contributed by atoms with E-state index in [2.05, 4.69) is 5.32 Å². The van der Waals surface area contributed by atoms with Gasteiger partial charge in [-0.25, -0.2) is 8.42 Å². The molecule has 2 aromatic rings. The fourth-order valence-corrected chi connectivity index (χ4v) is 4.28. The summed E-state index contributed by atoms with van der Waals surface area (Å²) in [4.78, 5) is 27.7. The number of sulfonamides is 1. The molecular weight excluding hydrogens is 462 g/mol. The molecule has 0 unspecified atom stereocenters. The van der Waals surface area contributed by atoms with Gasteiger partial charge in [0.25, 0.3) is 0 Å². The van der Waals surface area contributed by atoms with Crippen LogP contribution >= 0.6 is 11.6 Å². The van der Waals surface area contributed by atoms with Crippen LogP contribution in [0.2, 0.25) is 5.02 Å². The van der Waals surface area contributed by atoms with Crippen LogP contribution in [0.25, 0.3) is 0 Å². The molecule has 9 heteroatoms. The maximum Gasteiger partial charge on any atom is 0.244 e. The van der Waals surface area contributed by atoms with E-state index in [-0.39, 0.29) is 12.5 Å². The lowest BCUT2D eigenvalue weighted by Gasteiger charge is -2.33. The van der Waals surface area contributed by atoms with Crippen LogP contribution in [0.15, 0.2) is 48.5 Å². The monoisotopic (exact) mass is 493 g/mol. The van der Waals surface area contributed by atoms with Gasteiger partial charge in [0.05, 0.1) is 11.9 Å². The molecule has 7 nitrogen and oxygen atoms in total. The quantitative estimate of drug-likeness (QED) is 0.606. The summed E-state index contributed by atoms with van der Waals surface area (Å²) < 4.78 is 26.1. The van der Waals surface area contributed by atoms with Gasteiger partial charge in [-0.05, 0) is 64.4 Å². The minimum Gasteiger partial charge on any atom is -0.350 e. The van der Waals surface area contributed by atoms with E-state index < -0.39 is 34.1 Å². The maximum absolute atomic E-state index is 13.4. The second-order valence-electron chi connectivity index (χ2n) is 9.17. The molecule has 0 aliphatic heterocycles. The summed E-state index contributed by atoms with van der Waals surface area (Å²) >= 11 is 6.10. The van der Waals surface area contributed by atoms with Crippen molar-refractivity contribution in [2.45, 2.75) is 52.7 Å². The number of nitrogens with zero attached hydrogens (tertiary/aromatic N) is 2. The highest BCUT2D eigenvalue weighted by Crippen LogP contribution is 2.20. The lowest BCUT2D eigenvalue weighted by Crippen LogP contribution is -2.54. The second-order valence-corrected chi connectivity index (χ2v) is 11.5. The number of hydrogen-bond donors (Lipinski definition) is 1. The van der Waals surface area contributed by atoms with E-state index >= 15 is 0 Å². The molecule has 1 atom stereocenters. The Balaban J connectivity index is 2.39. The zero-order valence-electron chi connectivity index (χ0n) is 19.9. The van der Waals surface area contributed by atoms with E-state index in [4.69, 9.17) is 11.6 Å². The van der Waals surface area contributed by atoms with E-state index in [1.165, 1.54) is 4.90 Å². The smallest absolute Gasteiger partial charge is 0.244 e. The predicted octanol–water partition coefficient (Wildman–Crippen LogP) is 3.75. The Morgan fingerprint density at radius 2 is 1.70 bits per heavy atom. The molecule has 0 spiro atoms. The number of rotatable bonds is 8. The Hall–Kier alpha value is -2.58. The summed E-state index contributed by atoms with van der Waals surface area (Å²) in [6.07, 6.45) is 1.05. The average molecular weight is 494 g/mol. The van der Waals surface area contributed by atoms with Crippen molar-refractivity contribution < 1.29 is 18.0 Å². The molecule has 0 aliphatic rings. The van der Waals surface area contributed by atoms with Gasteiger partial charge in [0.1, 0.15) is 12.6 Å². The van der Waals surface area contributed by atoms with Crippen LogP contribution in [-0.4, -0.2) is 49.5 Å². The third-order valence-corrected chi connectivity index (χ3v) is 6.28. The first-order chi connectivity index (χ1) is 15.2. The number of amides is 2. The molecule has 1 N–H and O–H groups in total. The molecule has 0 saturated heterocycles. The SMILES string of the molecule is Cc1ccc(N(CC(=O)N(Cc2cccc(Cl)c2)[C@@H](C)C(=O)NC(C)(C)C)S(C)(=O)=O)cc1. The van der Waals surface area contributed by atoms with Gasteiger partial charge in [0.15, 0.2) is 0 Å². The predicted molar refractivity (Wildman–Crippen MR) is 133 cm³/mol. The third kappa shape index (κ3) is 8.05. The molecule has 2 aromatic carbocycles. The Morgan fingerprint density at radius 3 is 2.21 bits per heavy atom. The minimum atomic E-state index is -3.75. The molecule has 0 heterocycles. The van der Waals surface area contributed by atoms with E-state index in [0.717, 1.165) is 21.7 Å². The van der Waals surface area contributed by atoms with Crippen LogP contribution in [0.5, 0.6) is 0 Å². The van der Waals surface area contributed by atoms with E-state index in [1.807, 2.05) is 27.7 Å². The first-order valence-electron chi connectivity index (χ1n) is 10.6. The molecule has 0 radical (unpaired) electrons. The normalized spacial score (nSPS) is 12.7. The molecule has 0 aliphatic carbocycles. The van der Waals surface area contributed by atoms with Crippen molar-refractivity contribution in [1.29, 1.82) is 0 Å². The van der Waals surface area contributed by atoms with Gasteiger partial charge in [-0.3, -0.25) is 13.9 Å². The van der Waals surface area contributed by atoms with Gasteiger partial charge in [-0.1, -0.05) is 41.4 Å². The molecule has 0 fully saturated rings. The largest absolute Gasteiger partial charge is 0.350 e. The summed E-state index contributed by atoms with van der Waals surface area (Å²) in [5.74, 6) is -0.836. The summed E-state index contributed by atoms with van der Waals surface area (Å²) in [5.41, 5.74) is 1.59. The number of anilines is 1. The van der Waals surface area contributed by atoms with E-state index in [9.17, 15) is 18.0 Å². The van der Waals surface area contributed by atoms with Crippen molar-refractivity contribution in [2.24, 2.45) is 0 Å². The number of benzene rings is 2. The highest BCUT2D eigenvalue weighted by molar-refractivity contribution is 7.92. The van der Waals surface area contributed by atoms with E-state index in [0.29, 0.717) is 10.7 Å². The summed E-state index contributed by atoms with van der Waals surface area (Å²) in [6, 6.07) is 13.0. The average Bonchev–Trinajstić information content (AvgIpc) is 2.68. The maximum atomic E-state index is 13.4. The highest BCUT2D eigenvalue weighted by atomic mass is 35.5. The van der Waals surface area contributed by atoms with Gasteiger partial charge in [-0.15, -0.1) is 0 Å². The number of hydrogen-bond acceptors (Lipinski definition) is 4. The summed E-state index contributed by atoms with van der Waals surface area (Å²) in [7, 11) is -3.75. The zero-order valence-corrected chi connectivity index (χ0v) is 21.5. The molecule has 180 valence electrons. The van der Waals surface area contributed by atoms with Crippen LogP contribution in [0, 0.1) is 6.92 Å². The number of nitrogens with one attached hydrogen (secondary N) is 1. The first-order valence-corrected chi connectivity index (χ1v) is 12.8. The van der Waals surface area contributed by atoms with Crippen LogP contribution < -0.4 is 9.62 Å². The molecule has 0 aromatic heterocycles. The van der Waals surface area contributed by atoms with Gasteiger partial charge in [-0.2, -0.15) is 0 Å². The van der Waals surface area contributed by atoms with Crippen molar-refractivity contribution in [1.82, 2.24) is 10.2 Å². The molecule has 2 rings (SSSR count). The zero-order chi connectivity index (χ0) is 25.0. The number of carbonyl (C=O) groups excluding carboxylic acids is 2. The molecular formula is C24H32ClN3O4S. The van der Waals surface area contributed by atoms with Crippen molar-refractivity contribution in [3.05, 3.63) is 64.7 Å².